The molecule has 2 atom stereocenters. The van der Waals surface area contributed by atoms with E-state index >= 15 is 0 Å². The fourth-order valence-corrected chi connectivity index (χ4v) is 1.94. The van der Waals surface area contributed by atoms with Crippen LogP contribution in [0.1, 0.15) is 5.56 Å². The number of nitrogens with zero attached hydrogens (tertiary/aromatic N) is 1. The Balaban J connectivity index is 1.88. The molecule has 2 heterocycles. The molecule has 0 amide bonds. The van der Waals surface area contributed by atoms with Gasteiger partial charge in [0.05, 0.1) is 0 Å². The fourth-order valence-electron chi connectivity index (χ4n) is 1.94. The number of benzene rings is 1. The van der Waals surface area contributed by atoms with Crippen molar-refractivity contribution in [1.29, 1.82) is 0 Å². The third-order valence-corrected chi connectivity index (χ3v) is 2.69. The van der Waals surface area contributed by atoms with Crippen molar-refractivity contribution in [2.24, 2.45) is 4.99 Å². The van der Waals surface area contributed by atoms with Gasteiger partial charge in [0.1, 0.15) is 12.1 Å². The molecule has 2 unspecified atom stereocenters. The molecule has 14 heavy (non-hydrogen) atoms. The molecule has 2 aliphatic heterocycles. The van der Waals surface area contributed by atoms with E-state index in [9.17, 15) is 0 Å². The molecule has 1 N–H and O–H groups in total. The van der Waals surface area contributed by atoms with Crippen LogP contribution in [-0.2, 0) is 4.74 Å². The van der Waals surface area contributed by atoms with Crippen LogP contribution in [0.2, 0.25) is 0 Å². The first-order valence-corrected chi connectivity index (χ1v) is 4.94. The lowest BCUT2D eigenvalue weighted by Gasteiger charge is -2.07. The summed E-state index contributed by atoms with van der Waals surface area (Å²) < 4.78 is 5.76. The maximum atomic E-state index is 5.76. The third-order valence-electron chi connectivity index (χ3n) is 2.69. The summed E-state index contributed by atoms with van der Waals surface area (Å²) in [5.41, 5.74) is 1.09. The molecule has 1 fully saturated rings. The minimum Gasteiger partial charge on any atom is -0.470 e. The molecule has 3 heteroatoms. The van der Waals surface area contributed by atoms with Crippen LogP contribution in [0.5, 0.6) is 0 Å². The van der Waals surface area contributed by atoms with Gasteiger partial charge in [-0.05, 0) is 12.1 Å². The quantitative estimate of drug-likeness (QED) is 0.707. The Labute approximate surface area is 82.8 Å². The Morgan fingerprint density at radius 2 is 2.07 bits per heavy atom. The second-order valence-corrected chi connectivity index (χ2v) is 3.68. The molecule has 0 saturated carbocycles. The zero-order chi connectivity index (χ0) is 9.38. The van der Waals surface area contributed by atoms with Crippen LogP contribution in [0, 0.1) is 0 Å². The highest BCUT2D eigenvalue weighted by Crippen LogP contribution is 2.20. The monoisotopic (exact) mass is 188 g/mol. The van der Waals surface area contributed by atoms with Gasteiger partial charge in [-0.15, -0.1) is 0 Å². The Morgan fingerprint density at radius 3 is 2.86 bits per heavy atom. The largest absolute Gasteiger partial charge is 0.470 e. The second kappa shape index (κ2) is 3.10. The minimum absolute atomic E-state index is 0.255. The SMILES string of the molecule is c1ccc(C2=NC3CNCC3O2)cc1. The zero-order valence-corrected chi connectivity index (χ0v) is 7.81. The van der Waals surface area contributed by atoms with E-state index in [0.717, 1.165) is 24.6 Å². The molecular weight excluding hydrogens is 176 g/mol. The summed E-state index contributed by atoms with van der Waals surface area (Å²) >= 11 is 0. The van der Waals surface area contributed by atoms with Crippen molar-refractivity contribution in [3.05, 3.63) is 35.9 Å². The van der Waals surface area contributed by atoms with Gasteiger partial charge >= 0.3 is 0 Å². The van der Waals surface area contributed by atoms with Crippen molar-refractivity contribution >= 4 is 5.90 Å². The number of fused-ring (bicyclic) bond motifs is 1. The summed E-state index contributed by atoms with van der Waals surface area (Å²) in [7, 11) is 0. The Bertz CT molecular complexity index is 361. The van der Waals surface area contributed by atoms with Gasteiger partial charge in [0.25, 0.3) is 0 Å². The summed E-state index contributed by atoms with van der Waals surface area (Å²) in [4.78, 5) is 4.55. The van der Waals surface area contributed by atoms with Crippen molar-refractivity contribution < 1.29 is 4.74 Å². The van der Waals surface area contributed by atoms with Gasteiger partial charge < -0.3 is 10.1 Å². The van der Waals surface area contributed by atoms with E-state index in [0.29, 0.717) is 6.04 Å². The highest BCUT2D eigenvalue weighted by atomic mass is 16.5. The number of hydrogen-bond acceptors (Lipinski definition) is 3. The smallest absolute Gasteiger partial charge is 0.216 e. The number of hydrogen-bond donors (Lipinski definition) is 1. The molecule has 0 aliphatic carbocycles. The summed E-state index contributed by atoms with van der Waals surface area (Å²) in [5, 5.41) is 3.26. The molecule has 3 nitrogen and oxygen atoms in total. The van der Waals surface area contributed by atoms with Crippen molar-refractivity contribution in [3.8, 4) is 0 Å². The lowest BCUT2D eigenvalue weighted by molar-refractivity contribution is 0.225. The van der Waals surface area contributed by atoms with Crippen LogP contribution in [-0.4, -0.2) is 31.1 Å². The van der Waals surface area contributed by atoms with E-state index in [1.54, 1.807) is 0 Å². The minimum atomic E-state index is 0.255. The molecule has 0 spiro atoms. The number of aliphatic imine (C=N–C) groups is 1. The van der Waals surface area contributed by atoms with Gasteiger partial charge in [-0.3, -0.25) is 0 Å². The molecule has 3 rings (SSSR count). The normalized spacial score (nSPS) is 29.6. The van der Waals surface area contributed by atoms with Gasteiger partial charge in [-0.1, -0.05) is 18.2 Å². The zero-order valence-electron chi connectivity index (χ0n) is 7.81. The van der Waals surface area contributed by atoms with E-state index in [1.807, 2.05) is 30.3 Å². The molecule has 0 bridgehead atoms. The van der Waals surface area contributed by atoms with E-state index in [2.05, 4.69) is 10.3 Å². The predicted molar refractivity (Wildman–Crippen MR) is 54.5 cm³/mol. The van der Waals surface area contributed by atoms with Crippen LogP contribution < -0.4 is 5.32 Å². The first-order chi connectivity index (χ1) is 6.93. The van der Waals surface area contributed by atoms with Gasteiger partial charge in [0.2, 0.25) is 5.90 Å². The van der Waals surface area contributed by atoms with E-state index in [1.165, 1.54) is 0 Å². The molecular formula is C11H12N2O. The highest BCUT2D eigenvalue weighted by molar-refractivity contribution is 5.95. The van der Waals surface area contributed by atoms with E-state index in [-0.39, 0.29) is 6.10 Å². The Morgan fingerprint density at radius 1 is 1.21 bits per heavy atom. The van der Waals surface area contributed by atoms with Crippen LogP contribution in [0.4, 0.5) is 0 Å². The predicted octanol–water partition coefficient (Wildman–Crippen LogP) is 0.804. The van der Waals surface area contributed by atoms with E-state index in [4.69, 9.17) is 4.74 Å². The fraction of sp³-hybridized carbons (Fsp3) is 0.364. The van der Waals surface area contributed by atoms with Gasteiger partial charge in [0.15, 0.2) is 0 Å². The number of nitrogens with one attached hydrogen (secondary N) is 1. The lowest BCUT2D eigenvalue weighted by atomic mass is 10.2. The maximum absolute atomic E-state index is 5.76. The molecule has 0 aromatic heterocycles. The van der Waals surface area contributed by atoms with Crippen LogP contribution in [0.15, 0.2) is 35.3 Å². The second-order valence-electron chi connectivity index (χ2n) is 3.68. The first kappa shape index (κ1) is 8.00. The van der Waals surface area contributed by atoms with Crippen molar-refractivity contribution in [2.45, 2.75) is 12.1 Å². The maximum Gasteiger partial charge on any atom is 0.216 e. The summed E-state index contributed by atoms with van der Waals surface area (Å²) in [6.07, 6.45) is 0.255. The van der Waals surface area contributed by atoms with Crippen LogP contribution in [0.3, 0.4) is 0 Å². The van der Waals surface area contributed by atoms with Crippen LogP contribution in [0.25, 0.3) is 0 Å². The van der Waals surface area contributed by atoms with Crippen LogP contribution >= 0.6 is 0 Å². The average molecular weight is 188 g/mol. The van der Waals surface area contributed by atoms with Gasteiger partial charge in [-0.2, -0.15) is 0 Å². The molecule has 1 aromatic carbocycles. The molecule has 2 aliphatic rings. The topological polar surface area (TPSA) is 33.6 Å². The number of ether oxygens (including phenoxy) is 1. The molecule has 72 valence electrons. The number of rotatable bonds is 1. The molecule has 1 saturated heterocycles. The Kier molecular flexibility index (Phi) is 1.77. The lowest BCUT2D eigenvalue weighted by Crippen LogP contribution is -2.20. The summed E-state index contributed by atoms with van der Waals surface area (Å²) in [5.74, 6) is 0.808. The molecule has 0 radical (unpaired) electrons. The first-order valence-electron chi connectivity index (χ1n) is 4.94. The molecule has 1 aromatic rings. The van der Waals surface area contributed by atoms with Crippen molar-refractivity contribution in [3.63, 3.8) is 0 Å². The Hall–Kier alpha value is -1.35. The summed E-state index contributed by atoms with van der Waals surface area (Å²) in [6.45, 7) is 1.87. The van der Waals surface area contributed by atoms with Gasteiger partial charge in [-0.25, -0.2) is 4.99 Å². The summed E-state index contributed by atoms with van der Waals surface area (Å²) in [6, 6.07) is 10.4. The van der Waals surface area contributed by atoms with Crippen molar-refractivity contribution in [2.75, 3.05) is 13.1 Å². The average Bonchev–Trinajstić information content (AvgIpc) is 2.78. The van der Waals surface area contributed by atoms with Crippen molar-refractivity contribution in [1.82, 2.24) is 5.32 Å². The third kappa shape index (κ3) is 1.21. The highest BCUT2D eigenvalue weighted by Gasteiger charge is 2.35. The van der Waals surface area contributed by atoms with E-state index < -0.39 is 0 Å². The van der Waals surface area contributed by atoms with Gasteiger partial charge in [0, 0.05) is 18.7 Å². The standard InChI is InChI=1S/C11H12N2O/c1-2-4-8(5-3-1)11-13-9-6-12-7-10(9)14-11/h1-5,9-10,12H,6-7H2.